The summed E-state index contributed by atoms with van der Waals surface area (Å²) in [5.41, 5.74) is 0. The predicted molar refractivity (Wildman–Crippen MR) is 85.1 cm³/mol. The second kappa shape index (κ2) is 11.3. The first-order chi connectivity index (χ1) is 8.98. The molecule has 0 aliphatic carbocycles. The molecule has 0 bridgehead atoms. The van der Waals surface area contributed by atoms with Gasteiger partial charge >= 0.3 is 0 Å². The summed E-state index contributed by atoms with van der Waals surface area (Å²) >= 11 is 0. The minimum absolute atomic E-state index is 0.331. The van der Waals surface area contributed by atoms with Crippen molar-refractivity contribution < 1.29 is 8.42 Å². The van der Waals surface area contributed by atoms with Crippen molar-refractivity contribution in [3.63, 3.8) is 0 Å². The Balaban J connectivity index is 3.69. The van der Waals surface area contributed by atoms with Crippen molar-refractivity contribution in [2.75, 3.05) is 11.5 Å². The monoisotopic (exact) mass is 286 g/mol. The van der Waals surface area contributed by atoms with E-state index in [1.165, 1.54) is 0 Å². The third-order valence-electron chi connectivity index (χ3n) is 2.88. The molecule has 2 nitrogen and oxygen atoms in total. The molecular formula is C16H30O2S. The standard InChI is InChI=1S/C16H30O2S/c1-4-5-6-11-14-19(17,18)15-12-9-7-8-10-13-16(2)3/h7-8,10,13,16H,4-6,9,11-12,14-15H2,1-3H3/b8-7-,13-10-. The van der Waals surface area contributed by atoms with Gasteiger partial charge in [0.2, 0.25) is 0 Å². The highest BCUT2D eigenvalue weighted by molar-refractivity contribution is 7.91. The van der Waals surface area contributed by atoms with E-state index in [0.29, 0.717) is 17.4 Å². The Morgan fingerprint density at radius 1 is 0.947 bits per heavy atom. The van der Waals surface area contributed by atoms with Crippen molar-refractivity contribution in [3.05, 3.63) is 24.3 Å². The maximum Gasteiger partial charge on any atom is 0.150 e. The summed E-state index contributed by atoms with van der Waals surface area (Å²) in [4.78, 5) is 0. The first-order valence-corrected chi connectivity index (χ1v) is 9.34. The third kappa shape index (κ3) is 13.7. The molecule has 0 heterocycles. The van der Waals surface area contributed by atoms with Gasteiger partial charge in [-0.05, 0) is 25.2 Å². The summed E-state index contributed by atoms with van der Waals surface area (Å²) in [6, 6.07) is 0. The zero-order valence-electron chi connectivity index (χ0n) is 12.8. The van der Waals surface area contributed by atoms with E-state index >= 15 is 0 Å². The van der Waals surface area contributed by atoms with Crippen LogP contribution in [0.3, 0.4) is 0 Å². The van der Waals surface area contributed by atoms with Gasteiger partial charge in [-0.3, -0.25) is 0 Å². The molecule has 0 amide bonds. The van der Waals surface area contributed by atoms with Crippen LogP contribution in [-0.2, 0) is 9.84 Å². The van der Waals surface area contributed by atoms with Crippen molar-refractivity contribution in [1.29, 1.82) is 0 Å². The molecule has 0 N–H and O–H groups in total. The molecule has 0 radical (unpaired) electrons. The van der Waals surface area contributed by atoms with Crippen LogP contribution in [0.15, 0.2) is 24.3 Å². The fourth-order valence-corrected chi connectivity index (χ4v) is 3.19. The minimum Gasteiger partial charge on any atom is -0.229 e. The lowest BCUT2D eigenvalue weighted by atomic mass is 10.2. The van der Waals surface area contributed by atoms with Crippen LogP contribution in [0.1, 0.15) is 59.3 Å². The Morgan fingerprint density at radius 3 is 2.26 bits per heavy atom. The molecule has 112 valence electrons. The van der Waals surface area contributed by atoms with Gasteiger partial charge in [0.15, 0.2) is 0 Å². The van der Waals surface area contributed by atoms with Crippen molar-refractivity contribution in [2.24, 2.45) is 5.92 Å². The van der Waals surface area contributed by atoms with E-state index in [4.69, 9.17) is 0 Å². The molecule has 0 aliphatic heterocycles. The molecule has 0 aliphatic rings. The molecule has 0 aromatic heterocycles. The number of allylic oxidation sites excluding steroid dienone is 4. The lowest BCUT2D eigenvalue weighted by Crippen LogP contribution is -2.10. The highest BCUT2D eigenvalue weighted by Crippen LogP contribution is 2.05. The van der Waals surface area contributed by atoms with Crippen LogP contribution < -0.4 is 0 Å². The highest BCUT2D eigenvalue weighted by atomic mass is 32.2. The Kier molecular flexibility index (Phi) is 10.9. The SMILES string of the molecule is CCCCCCS(=O)(=O)CCC/C=C\C=C/C(C)C. The van der Waals surface area contributed by atoms with Gasteiger partial charge in [0.05, 0.1) is 11.5 Å². The van der Waals surface area contributed by atoms with E-state index in [0.717, 1.165) is 38.5 Å². The van der Waals surface area contributed by atoms with Crippen LogP contribution in [0.2, 0.25) is 0 Å². The van der Waals surface area contributed by atoms with Crippen molar-refractivity contribution in [2.45, 2.75) is 59.3 Å². The van der Waals surface area contributed by atoms with Crippen LogP contribution in [-0.4, -0.2) is 19.9 Å². The highest BCUT2D eigenvalue weighted by Gasteiger charge is 2.08. The quantitative estimate of drug-likeness (QED) is 0.413. The average molecular weight is 286 g/mol. The lowest BCUT2D eigenvalue weighted by Gasteiger charge is -2.02. The van der Waals surface area contributed by atoms with Crippen LogP contribution >= 0.6 is 0 Å². The Labute approximate surface area is 119 Å². The fourth-order valence-electron chi connectivity index (χ4n) is 1.73. The molecule has 0 unspecified atom stereocenters. The van der Waals surface area contributed by atoms with Crippen LogP contribution in [0.25, 0.3) is 0 Å². The Bertz CT molecular complexity index is 351. The Hall–Kier alpha value is -0.570. The first-order valence-electron chi connectivity index (χ1n) is 7.51. The minimum atomic E-state index is -2.82. The van der Waals surface area contributed by atoms with Gasteiger partial charge < -0.3 is 0 Å². The second-order valence-corrected chi connectivity index (χ2v) is 7.72. The molecule has 0 fully saturated rings. The van der Waals surface area contributed by atoms with E-state index in [1.54, 1.807) is 0 Å². The van der Waals surface area contributed by atoms with Gasteiger partial charge in [0, 0.05) is 0 Å². The summed E-state index contributed by atoms with van der Waals surface area (Å²) in [5, 5.41) is 0. The molecule has 0 saturated carbocycles. The van der Waals surface area contributed by atoms with Crippen LogP contribution in [0, 0.1) is 5.92 Å². The van der Waals surface area contributed by atoms with Crippen LogP contribution in [0.5, 0.6) is 0 Å². The summed E-state index contributed by atoms with van der Waals surface area (Å²) in [7, 11) is -2.82. The zero-order valence-corrected chi connectivity index (χ0v) is 13.6. The molecular weight excluding hydrogens is 256 g/mol. The molecule has 19 heavy (non-hydrogen) atoms. The number of unbranched alkanes of at least 4 members (excludes halogenated alkanes) is 4. The lowest BCUT2D eigenvalue weighted by molar-refractivity contribution is 0.586. The van der Waals surface area contributed by atoms with E-state index < -0.39 is 9.84 Å². The second-order valence-electron chi connectivity index (χ2n) is 5.41. The zero-order chi connectivity index (χ0) is 14.6. The first kappa shape index (κ1) is 18.4. The van der Waals surface area contributed by atoms with E-state index in [-0.39, 0.29) is 0 Å². The van der Waals surface area contributed by atoms with E-state index in [2.05, 4.69) is 26.8 Å². The van der Waals surface area contributed by atoms with Crippen LogP contribution in [0.4, 0.5) is 0 Å². The summed E-state index contributed by atoms with van der Waals surface area (Å²) in [6.07, 6.45) is 13.9. The number of sulfone groups is 1. The van der Waals surface area contributed by atoms with Crippen molar-refractivity contribution >= 4 is 9.84 Å². The molecule has 0 aromatic rings. The molecule has 0 rings (SSSR count). The van der Waals surface area contributed by atoms with Gasteiger partial charge in [0.1, 0.15) is 9.84 Å². The largest absolute Gasteiger partial charge is 0.229 e. The molecule has 0 saturated heterocycles. The number of hydrogen-bond acceptors (Lipinski definition) is 2. The maximum atomic E-state index is 11.7. The molecule has 0 atom stereocenters. The van der Waals surface area contributed by atoms with E-state index in [9.17, 15) is 8.42 Å². The topological polar surface area (TPSA) is 34.1 Å². The summed E-state index contributed by atoms with van der Waals surface area (Å²) in [6.45, 7) is 6.40. The predicted octanol–water partition coefficient (Wildman–Crippen LogP) is 4.53. The number of rotatable bonds is 11. The van der Waals surface area contributed by atoms with Crippen molar-refractivity contribution in [1.82, 2.24) is 0 Å². The van der Waals surface area contributed by atoms with Gasteiger partial charge in [-0.25, -0.2) is 8.42 Å². The fraction of sp³-hybridized carbons (Fsp3) is 0.750. The van der Waals surface area contributed by atoms with Gasteiger partial charge in [-0.2, -0.15) is 0 Å². The molecule has 0 aromatic carbocycles. The average Bonchev–Trinajstić information content (AvgIpc) is 2.33. The smallest absolute Gasteiger partial charge is 0.150 e. The van der Waals surface area contributed by atoms with Gasteiger partial charge in [-0.15, -0.1) is 0 Å². The third-order valence-corrected chi connectivity index (χ3v) is 4.70. The normalized spacial score (nSPS) is 13.1. The maximum absolute atomic E-state index is 11.7. The van der Waals surface area contributed by atoms with Gasteiger partial charge in [-0.1, -0.05) is 64.3 Å². The molecule has 3 heteroatoms. The van der Waals surface area contributed by atoms with E-state index in [1.807, 2.05) is 18.2 Å². The molecule has 0 spiro atoms. The Morgan fingerprint density at radius 2 is 1.63 bits per heavy atom. The van der Waals surface area contributed by atoms with Gasteiger partial charge in [0.25, 0.3) is 0 Å². The summed E-state index contributed by atoms with van der Waals surface area (Å²) < 4.78 is 23.5. The van der Waals surface area contributed by atoms with Crippen molar-refractivity contribution in [3.8, 4) is 0 Å². The summed E-state index contributed by atoms with van der Waals surface area (Å²) in [5.74, 6) is 1.26. The number of hydrogen-bond donors (Lipinski definition) is 0.